The van der Waals surface area contributed by atoms with Crippen molar-refractivity contribution in [1.29, 1.82) is 0 Å². The molecule has 1 aromatic carbocycles. The zero-order chi connectivity index (χ0) is 25.1. The number of carboxylic acids is 1. The van der Waals surface area contributed by atoms with Gasteiger partial charge in [0, 0.05) is 18.7 Å². The number of para-hydroxylation sites is 1. The number of benzene rings is 1. The lowest BCUT2D eigenvalue weighted by Crippen LogP contribution is -2.56. The van der Waals surface area contributed by atoms with Gasteiger partial charge in [0.2, 0.25) is 5.91 Å². The van der Waals surface area contributed by atoms with Gasteiger partial charge in [-0.15, -0.1) is 0 Å². The van der Waals surface area contributed by atoms with Crippen LogP contribution >= 0.6 is 11.6 Å². The molecule has 35 heavy (non-hydrogen) atoms. The van der Waals surface area contributed by atoms with Crippen LogP contribution in [0.3, 0.4) is 0 Å². The van der Waals surface area contributed by atoms with E-state index in [2.05, 4.69) is 4.98 Å². The van der Waals surface area contributed by atoms with Crippen LogP contribution in [0.15, 0.2) is 48.4 Å². The Bertz CT molecular complexity index is 1150. The molecule has 1 aliphatic carbocycles. The van der Waals surface area contributed by atoms with Gasteiger partial charge in [0.1, 0.15) is 11.6 Å². The van der Waals surface area contributed by atoms with Crippen LogP contribution in [0.5, 0.6) is 5.75 Å². The third-order valence-corrected chi connectivity index (χ3v) is 6.58. The third-order valence-electron chi connectivity index (χ3n) is 6.28. The molecule has 2 heterocycles. The highest BCUT2D eigenvalue weighted by atomic mass is 35.5. The van der Waals surface area contributed by atoms with Crippen molar-refractivity contribution in [3.8, 4) is 5.75 Å². The number of ether oxygens (including phenoxy) is 1. The van der Waals surface area contributed by atoms with Gasteiger partial charge in [-0.3, -0.25) is 14.5 Å². The highest BCUT2D eigenvalue weighted by Gasteiger charge is 2.41. The van der Waals surface area contributed by atoms with Crippen molar-refractivity contribution >= 4 is 35.2 Å². The number of anilines is 1. The lowest BCUT2D eigenvalue weighted by molar-refractivity contribution is -0.128. The minimum absolute atomic E-state index is 0.0188. The van der Waals surface area contributed by atoms with E-state index in [0.29, 0.717) is 18.7 Å². The Hall–Kier alpha value is -3.46. The molecule has 2 atom stereocenters. The van der Waals surface area contributed by atoms with Crippen LogP contribution in [0.1, 0.15) is 49.4 Å². The molecular weight excluding hydrogens is 477 g/mol. The largest absolute Gasteiger partial charge is 0.478 e. The summed E-state index contributed by atoms with van der Waals surface area (Å²) in [4.78, 5) is 44.7. The van der Waals surface area contributed by atoms with Crippen molar-refractivity contribution < 1.29 is 28.6 Å². The number of hydrogen-bond donors (Lipinski definition) is 1. The lowest BCUT2D eigenvalue weighted by Gasteiger charge is -2.43. The van der Waals surface area contributed by atoms with Gasteiger partial charge in [-0.05, 0) is 37.1 Å². The van der Waals surface area contributed by atoms with Gasteiger partial charge in [0.05, 0.1) is 29.2 Å². The lowest BCUT2D eigenvalue weighted by atomic mass is 9.87. The molecule has 0 bridgehead atoms. The summed E-state index contributed by atoms with van der Waals surface area (Å²) in [7, 11) is 0. The van der Waals surface area contributed by atoms with Crippen molar-refractivity contribution in [3.63, 3.8) is 0 Å². The second-order valence-corrected chi connectivity index (χ2v) is 8.88. The number of amides is 2. The average molecular weight is 502 g/mol. The molecule has 2 unspecified atom stereocenters. The first-order valence-electron chi connectivity index (χ1n) is 11.4. The number of carbonyl (C=O) groups is 3. The smallest absolute Gasteiger partial charge is 0.337 e. The Morgan fingerprint density at radius 3 is 2.69 bits per heavy atom. The summed E-state index contributed by atoms with van der Waals surface area (Å²) in [5.41, 5.74) is 0.0188. The van der Waals surface area contributed by atoms with Gasteiger partial charge in [0.25, 0.3) is 5.91 Å². The van der Waals surface area contributed by atoms with E-state index in [1.54, 1.807) is 16.7 Å². The predicted molar refractivity (Wildman–Crippen MR) is 127 cm³/mol. The molecule has 10 heteroatoms. The second-order valence-electron chi connectivity index (χ2n) is 8.48. The van der Waals surface area contributed by atoms with Gasteiger partial charge in [-0.1, -0.05) is 37.4 Å². The van der Waals surface area contributed by atoms with E-state index < -0.39 is 11.8 Å². The van der Waals surface area contributed by atoms with Gasteiger partial charge < -0.3 is 14.7 Å². The van der Waals surface area contributed by atoms with Crippen molar-refractivity contribution in [3.05, 3.63) is 64.8 Å². The van der Waals surface area contributed by atoms with Crippen LogP contribution in [0.25, 0.3) is 0 Å². The van der Waals surface area contributed by atoms with Crippen molar-refractivity contribution in [2.24, 2.45) is 0 Å². The first-order valence-corrected chi connectivity index (χ1v) is 11.8. The first kappa shape index (κ1) is 24.7. The molecule has 2 aromatic rings. The number of carboxylic acid groups (broad SMARTS) is 1. The Morgan fingerprint density at radius 2 is 2.03 bits per heavy atom. The van der Waals surface area contributed by atoms with Crippen molar-refractivity contribution in [2.45, 2.75) is 51.1 Å². The van der Waals surface area contributed by atoms with Gasteiger partial charge >= 0.3 is 5.97 Å². The fourth-order valence-electron chi connectivity index (χ4n) is 4.63. The molecule has 1 N–H and O–H groups in total. The summed E-state index contributed by atoms with van der Waals surface area (Å²) in [6.07, 6.45) is 5.82. The van der Waals surface area contributed by atoms with Gasteiger partial charge in [-0.25, -0.2) is 14.2 Å². The van der Waals surface area contributed by atoms with Crippen LogP contribution in [0, 0.1) is 5.82 Å². The molecule has 0 radical (unpaired) electrons. The van der Waals surface area contributed by atoms with Crippen LogP contribution < -0.4 is 9.64 Å². The van der Waals surface area contributed by atoms with Gasteiger partial charge in [-0.2, -0.15) is 0 Å². The zero-order valence-corrected chi connectivity index (χ0v) is 19.9. The van der Waals surface area contributed by atoms with Crippen molar-refractivity contribution in [2.75, 3.05) is 11.4 Å². The number of hydrogen-bond acceptors (Lipinski definition) is 5. The molecule has 0 saturated heterocycles. The Kier molecular flexibility index (Phi) is 7.35. The molecule has 2 amide bonds. The average Bonchev–Trinajstić information content (AvgIpc) is 3.22. The molecule has 8 nitrogen and oxygen atoms in total. The van der Waals surface area contributed by atoms with E-state index in [-0.39, 0.29) is 59.0 Å². The summed E-state index contributed by atoms with van der Waals surface area (Å²) in [5.74, 6) is -1.73. The number of halogens is 2. The Balaban J connectivity index is 1.59. The standard InChI is InChI=1S/C25H25ClFN3O5/c1-2-22(31)30(21-11-10-15(13-28-21)25(33)34)20-9-4-3-8-19(20)29-14-16(12-23(29)32)35-24-17(26)6-5-7-18(24)27/h5-7,10-13,19-20H,2-4,8-9,14H2,1H3,(H,33,34). The van der Waals surface area contributed by atoms with Crippen LogP contribution in [0.4, 0.5) is 10.2 Å². The quantitative estimate of drug-likeness (QED) is 0.602. The Labute approximate surface area is 206 Å². The van der Waals surface area contributed by atoms with E-state index in [1.807, 2.05) is 0 Å². The predicted octanol–water partition coefficient (Wildman–Crippen LogP) is 4.43. The van der Waals surface area contributed by atoms with Crippen LogP contribution in [-0.2, 0) is 9.59 Å². The highest BCUT2D eigenvalue weighted by molar-refractivity contribution is 6.32. The summed E-state index contributed by atoms with van der Waals surface area (Å²) in [5, 5.41) is 9.28. The van der Waals surface area contributed by atoms with E-state index in [1.165, 1.54) is 42.6 Å². The SMILES string of the molecule is CCC(=O)N(c1ccc(C(=O)O)cn1)C1CCCCC1N1CC(Oc2c(F)cccc2Cl)=CC1=O. The van der Waals surface area contributed by atoms with E-state index in [9.17, 15) is 23.9 Å². The fourth-order valence-corrected chi connectivity index (χ4v) is 4.83. The number of nitrogens with zero attached hydrogens (tertiary/aromatic N) is 3. The molecule has 2 aliphatic rings. The first-order chi connectivity index (χ1) is 16.8. The topological polar surface area (TPSA) is 100 Å². The molecule has 1 fully saturated rings. The molecule has 1 saturated carbocycles. The maximum absolute atomic E-state index is 14.2. The molecular formula is C25H25ClFN3O5. The number of aromatic carboxylic acids is 1. The second kappa shape index (κ2) is 10.4. The summed E-state index contributed by atoms with van der Waals surface area (Å²) >= 11 is 6.06. The van der Waals surface area contributed by atoms with Crippen molar-refractivity contribution in [1.82, 2.24) is 9.88 Å². The molecule has 1 aliphatic heterocycles. The minimum Gasteiger partial charge on any atom is -0.478 e. The Morgan fingerprint density at radius 1 is 1.26 bits per heavy atom. The van der Waals surface area contributed by atoms with Crippen LogP contribution in [-0.4, -0.2) is 51.4 Å². The van der Waals surface area contributed by atoms with Crippen LogP contribution in [0.2, 0.25) is 5.02 Å². The highest BCUT2D eigenvalue weighted by Crippen LogP contribution is 2.34. The number of pyridine rings is 1. The number of carbonyl (C=O) groups excluding carboxylic acids is 2. The summed E-state index contributed by atoms with van der Waals surface area (Å²) < 4.78 is 19.8. The number of aromatic nitrogens is 1. The minimum atomic E-state index is -1.11. The van der Waals surface area contributed by atoms with E-state index in [0.717, 1.165) is 12.8 Å². The molecule has 1 aromatic heterocycles. The maximum Gasteiger partial charge on any atom is 0.337 e. The molecule has 0 spiro atoms. The fraction of sp³-hybridized carbons (Fsp3) is 0.360. The zero-order valence-electron chi connectivity index (χ0n) is 19.1. The normalized spacial score (nSPS) is 19.9. The van der Waals surface area contributed by atoms with Gasteiger partial charge in [0.15, 0.2) is 11.6 Å². The maximum atomic E-state index is 14.2. The summed E-state index contributed by atoms with van der Waals surface area (Å²) in [6.45, 7) is 1.86. The monoisotopic (exact) mass is 501 g/mol. The molecule has 4 rings (SSSR count). The summed E-state index contributed by atoms with van der Waals surface area (Å²) in [6, 6.07) is 6.45. The molecule has 184 valence electrons. The van der Waals surface area contributed by atoms with E-state index in [4.69, 9.17) is 16.3 Å². The number of rotatable bonds is 7. The van der Waals surface area contributed by atoms with E-state index >= 15 is 0 Å². The third kappa shape index (κ3) is 5.14.